The van der Waals surface area contributed by atoms with Crippen LogP contribution in [0, 0.1) is 0 Å². The van der Waals surface area contributed by atoms with E-state index in [9.17, 15) is 26.4 Å². The Balaban J connectivity index is 1.63. The van der Waals surface area contributed by atoms with E-state index in [4.69, 9.17) is 8.92 Å². The van der Waals surface area contributed by atoms with Gasteiger partial charge in [-0.15, -0.1) is 0 Å². The smallest absolute Gasteiger partial charge is 0.416 e. The summed E-state index contributed by atoms with van der Waals surface area (Å²) in [6.07, 6.45) is -2.76. The van der Waals surface area contributed by atoms with Crippen molar-refractivity contribution < 1.29 is 35.3 Å². The third-order valence-electron chi connectivity index (χ3n) is 4.76. The molecule has 0 heterocycles. The predicted molar refractivity (Wildman–Crippen MR) is 123 cm³/mol. The van der Waals surface area contributed by atoms with Gasteiger partial charge in [-0.1, -0.05) is 24.3 Å². The molecule has 0 bridgehead atoms. The molecule has 7 nitrogen and oxygen atoms in total. The first-order chi connectivity index (χ1) is 16.6. The molecule has 0 spiro atoms. The maximum atomic E-state index is 12.7. The Morgan fingerprint density at radius 2 is 1.74 bits per heavy atom. The minimum absolute atomic E-state index is 0.109. The largest absolute Gasteiger partial charge is 0.497 e. The van der Waals surface area contributed by atoms with Crippen molar-refractivity contribution in [1.29, 1.82) is 0 Å². The predicted octanol–water partition coefficient (Wildman–Crippen LogP) is 4.56. The Morgan fingerprint density at radius 3 is 2.43 bits per heavy atom. The minimum atomic E-state index is -4.59. The van der Waals surface area contributed by atoms with E-state index in [1.54, 1.807) is 19.2 Å². The van der Waals surface area contributed by atoms with Gasteiger partial charge in [0, 0.05) is 12.0 Å². The molecule has 0 aliphatic heterocycles. The molecule has 0 unspecified atom stereocenters. The van der Waals surface area contributed by atoms with Crippen LogP contribution < -0.4 is 14.3 Å². The quantitative estimate of drug-likeness (QED) is 0.261. The zero-order chi connectivity index (χ0) is 25.5. The molecule has 0 aliphatic carbocycles. The fourth-order valence-electron chi connectivity index (χ4n) is 2.96. The van der Waals surface area contributed by atoms with Crippen molar-refractivity contribution in [1.82, 2.24) is 5.43 Å². The topological polar surface area (TPSA) is 94.1 Å². The Bertz CT molecular complexity index is 1310. The highest BCUT2D eigenvalue weighted by Gasteiger charge is 2.31. The van der Waals surface area contributed by atoms with E-state index in [1.165, 1.54) is 24.4 Å². The standard InChI is InChI=1S/C24H21F3N2O5S/c1-33-20-7-4-5-17(15-20)9-14-23(30)29-28-16-18-6-2-3-8-22(18)34-35(31,32)21-12-10-19(11-13-21)24(25,26)27/h2-8,10-13,15-16H,9,14H2,1H3,(H,29,30). The summed E-state index contributed by atoms with van der Waals surface area (Å²) in [4.78, 5) is 11.7. The lowest BCUT2D eigenvalue weighted by molar-refractivity contribution is -0.137. The van der Waals surface area contributed by atoms with Crippen LogP contribution in [0.5, 0.6) is 11.5 Å². The van der Waals surface area contributed by atoms with Crippen molar-refractivity contribution in [3.8, 4) is 11.5 Å². The number of methoxy groups -OCH3 is 1. The number of para-hydroxylation sites is 1. The molecular formula is C24H21F3N2O5S. The highest BCUT2D eigenvalue weighted by atomic mass is 32.2. The molecule has 0 radical (unpaired) electrons. The summed E-state index contributed by atoms with van der Waals surface area (Å²) in [5.74, 6) is 0.213. The summed E-state index contributed by atoms with van der Waals surface area (Å²) in [6, 6.07) is 16.2. The third-order valence-corrected chi connectivity index (χ3v) is 6.01. The van der Waals surface area contributed by atoms with E-state index >= 15 is 0 Å². The second kappa shape index (κ2) is 11.0. The van der Waals surface area contributed by atoms with Gasteiger partial charge in [-0.3, -0.25) is 4.79 Å². The SMILES string of the molecule is COc1cccc(CCC(=O)NN=Cc2ccccc2OS(=O)(=O)c2ccc(C(F)(F)F)cc2)c1. The fourth-order valence-corrected chi connectivity index (χ4v) is 3.91. The second-order valence-corrected chi connectivity index (χ2v) is 8.79. The van der Waals surface area contributed by atoms with Crippen molar-refractivity contribution in [2.24, 2.45) is 5.10 Å². The van der Waals surface area contributed by atoms with Crippen LogP contribution in [0.25, 0.3) is 0 Å². The van der Waals surface area contributed by atoms with Gasteiger partial charge in [0.1, 0.15) is 10.6 Å². The lowest BCUT2D eigenvalue weighted by Crippen LogP contribution is -2.18. The monoisotopic (exact) mass is 506 g/mol. The van der Waals surface area contributed by atoms with Crippen LogP contribution in [0.1, 0.15) is 23.1 Å². The second-order valence-electron chi connectivity index (χ2n) is 7.24. The summed E-state index contributed by atoms with van der Waals surface area (Å²) in [5.41, 5.74) is 2.52. The molecule has 184 valence electrons. The van der Waals surface area contributed by atoms with E-state index in [0.29, 0.717) is 24.3 Å². The Kier molecular flexibility index (Phi) is 8.13. The van der Waals surface area contributed by atoms with Gasteiger partial charge in [0.15, 0.2) is 5.75 Å². The van der Waals surface area contributed by atoms with E-state index in [1.807, 2.05) is 18.2 Å². The maximum Gasteiger partial charge on any atom is 0.416 e. The van der Waals surface area contributed by atoms with Gasteiger partial charge in [0.2, 0.25) is 5.91 Å². The maximum absolute atomic E-state index is 12.7. The Morgan fingerprint density at radius 1 is 1.03 bits per heavy atom. The van der Waals surface area contributed by atoms with Gasteiger partial charge in [-0.25, -0.2) is 5.43 Å². The summed E-state index contributed by atoms with van der Waals surface area (Å²) in [6.45, 7) is 0. The van der Waals surface area contributed by atoms with E-state index in [0.717, 1.165) is 17.7 Å². The van der Waals surface area contributed by atoms with E-state index < -0.39 is 26.8 Å². The number of alkyl halides is 3. The number of nitrogens with one attached hydrogen (secondary N) is 1. The van der Waals surface area contributed by atoms with Crippen LogP contribution in [0.3, 0.4) is 0 Å². The number of carbonyl (C=O) groups excluding carboxylic acids is 1. The molecule has 0 fully saturated rings. The zero-order valence-electron chi connectivity index (χ0n) is 18.5. The van der Waals surface area contributed by atoms with Crippen LogP contribution >= 0.6 is 0 Å². The van der Waals surface area contributed by atoms with Gasteiger partial charge < -0.3 is 8.92 Å². The van der Waals surface area contributed by atoms with Gasteiger partial charge in [-0.2, -0.15) is 26.7 Å². The molecule has 0 saturated carbocycles. The summed E-state index contributed by atoms with van der Waals surface area (Å²) in [7, 11) is -2.86. The minimum Gasteiger partial charge on any atom is -0.497 e. The molecule has 0 aliphatic rings. The molecule has 3 aromatic rings. The van der Waals surface area contributed by atoms with Gasteiger partial charge >= 0.3 is 16.3 Å². The Labute approximate surface area is 200 Å². The van der Waals surface area contributed by atoms with Crippen molar-refractivity contribution in [3.05, 3.63) is 89.5 Å². The first kappa shape index (κ1) is 25.8. The summed E-state index contributed by atoms with van der Waals surface area (Å²) >= 11 is 0. The first-order valence-corrected chi connectivity index (χ1v) is 11.6. The number of carbonyl (C=O) groups is 1. The molecule has 1 N–H and O–H groups in total. The number of benzene rings is 3. The molecular weight excluding hydrogens is 485 g/mol. The van der Waals surface area contributed by atoms with Crippen LogP contribution in [0.4, 0.5) is 13.2 Å². The lowest BCUT2D eigenvalue weighted by atomic mass is 10.1. The van der Waals surface area contributed by atoms with Crippen molar-refractivity contribution >= 4 is 22.2 Å². The molecule has 1 amide bonds. The number of hydrogen-bond donors (Lipinski definition) is 1. The molecule has 3 rings (SSSR count). The Hall–Kier alpha value is -3.86. The number of aryl methyl sites for hydroxylation is 1. The number of ether oxygens (including phenoxy) is 1. The number of hydrogen-bond acceptors (Lipinski definition) is 6. The summed E-state index contributed by atoms with van der Waals surface area (Å²) in [5, 5.41) is 3.84. The third kappa shape index (κ3) is 7.31. The van der Waals surface area contributed by atoms with Gasteiger partial charge in [0.25, 0.3) is 0 Å². The van der Waals surface area contributed by atoms with Crippen LogP contribution in [0.15, 0.2) is 82.8 Å². The normalized spacial score (nSPS) is 11.9. The number of nitrogens with zero attached hydrogens (tertiary/aromatic N) is 1. The molecule has 0 aromatic heterocycles. The van der Waals surface area contributed by atoms with Crippen molar-refractivity contribution in [2.45, 2.75) is 23.9 Å². The van der Waals surface area contributed by atoms with Crippen LogP contribution in [-0.2, 0) is 27.5 Å². The van der Waals surface area contributed by atoms with Gasteiger partial charge in [-0.05, 0) is 60.5 Å². The number of halogens is 3. The van der Waals surface area contributed by atoms with Gasteiger partial charge in [0.05, 0.1) is 18.9 Å². The van der Waals surface area contributed by atoms with E-state index in [-0.39, 0.29) is 23.6 Å². The highest BCUT2D eigenvalue weighted by molar-refractivity contribution is 7.87. The highest BCUT2D eigenvalue weighted by Crippen LogP contribution is 2.30. The molecule has 35 heavy (non-hydrogen) atoms. The lowest BCUT2D eigenvalue weighted by Gasteiger charge is -2.11. The molecule has 0 atom stereocenters. The molecule has 11 heteroatoms. The van der Waals surface area contributed by atoms with Crippen molar-refractivity contribution in [2.75, 3.05) is 7.11 Å². The average Bonchev–Trinajstić information content (AvgIpc) is 2.83. The number of rotatable bonds is 9. The fraction of sp³-hybridized carbons (Fsp3) is 0.167. The number of amides is 1. The number of hydrazone groups is 1. The van der Waals surface area contributed by atoms with E-state index in [2.05, 4.69) is 10.5 Å². The first-order valence-electron chi connectivity index (χ1n) is 10.2. The zero-order valence-corrected chi connectivity index (χ0v) is 19.3. The molecule has 3 aromatic carbocycles. The summed E-state index contributed by atoms with van der Waals surface area (Å²) < 4.78 is 73.5. The molecule has 0 saturated heterocycles. The van der Waals surface area contributed by atoms with Crippen LogP contribution in [0.2, 0.25) is 0 Å². The van der Waals surface area contributed by atoms with Crippen molar-refractivity contribution in [3.63, 3.8) is 0 Å². The average molecular weight is 507 g/mol. The van der Waals surface area contributed by atoms with Crippen LogP contribution in [-0.4, -0.2) is 27.6 Å².